The van der Waals surface area contributed by atoms with Crippen LogP contribution >= 0.6 is 0 Å². The number of carbonyl (C=O) groups is 2. The van der Waals surface area contributed by atoms with Crippen molar-refractivity contribution in [1.82, 2.24) is 5.32 Å². The first kappa shape index (κ1) is 16.9. The van der Waals surface area contributed by atoms with E-state index in [1.54, 1.807) is 6.07 Å². The van der Waals surface area contributed by atoms with E-state index < -0.39 is 5.82 Å². The lowest BCUT2D eigenvalue weighted by molar-refractivity contribution is -0.140. The third-order valence-corrected chi connectivity index (χ3v) is 2.77. The molecular weight excluding hydrogens is 277 g/mol. The van der Waals surface area contributed by atoms with Crippen LogP contribution in [0.4, 0.5) is 4.39 Å². The van der Waals surface area contributed by atoms with Crippen LogP contribution in [0.1, 0.15) is 25.7 Å². The third kappa shape index (κ3) is 7.91. The van der Waals surface area contributed by atoms with E-state index in [2.05, 4.69) is 10.1 Å². The van der Waals surface area contributed by atoms with Gasteiger partial charge in [-0.05, 0) is 25.0 Å². The molecule has 0 aliphatic carbocycles. The van der Waals surface area contributed by atoms with E-state index in [0.717, 1.165) is 19.3 Å². The third-order valence-electron chi connectivity index (χ3n) is 2.77. The maximum atomic E-state index is 12.9. The van der Waals surface area contributed by atoms with Crippen LogP contribution in [0.2, 0.25) is 0 Å². The van der Waals surface area contributed by atoms with Gasteiger partial charge in [0.05, 0.1) is 7.11 Å². The summed E-state index contributed by atoms with van der Waals surface area (Å²) in [5.41, 5.74) is 0. The number of hydrogen-bond donors (Lipinski definition) is 1. The SMILES string of the molecule is COC(=O)CCCCCNC(=O)COc1cccc(F)c1. The summed E-state index contributed by atoms with van der Waals surface area (Å²) >= 11 is 0. The first-order chi connectivity index (χ1) is 10.1. The molecule has 1 N–H and O–H groups in total. The van der Waals surface area contributed by atoms with Crippen LogP contribution in [-0.4, -0.2) is 32.1 Å². The predicted octanol–water partition coefficient (Wildman–Crippen LogP) is 2.05. The number of halogens is 1. The molecule has 1 amide bonds. The smallest absolute Gasteiger partial charge is 0.305 e. The summed E-state index contributed by atoms with van der Waals surface area (Å²) in [6.07, 6.45) is 2.75. The van der Waals surface area contributed by atoms with E-state index in [-0.39, 0.29) is 18.5 Å². The Kier molecular flexibility index (Phi) is 7.86. The molecule has 21 heavy (non-hydrogen) atoms. The zero-order valence-corrected chi connectivity index (χ0v) is 12.1. The van der Waals surface area contributed by atoms with Crippen LogP contribution in [0.15, 0.2) is 24.3 Å². The molecule has 0 bridgehead atoms. The summed E-state index contributed by atoms with van der Waals surface area (Å²) in [6.45, 7) is 0.373. The van der Waals surface area contributed by atoms with Gasteiger partial charge >= 0.3 is 5.97 Å². The van der Waals surface area contributed by atoms with E-state index in [0.29, 0.717) is 18.7 Å². The minimum Gasteiger partial charge on any atom is -0.484 e. The number of carbonyl (C=O) groups excluding carboxylic acids is 2. The molecule has 1 aromatic rings. The maximum absolute atomic E-state index is 12.9. The monoisotopic (exact) mass is 297 g/mol. The second kappa shape index (κ2) is 9.74. The van der Waals surface area contributed by atoms with Crippen molar-refractivity contribution in [3.63, 3.8) is 0 Å². The molecule has 5 nitrogen and oxygen atoms in total. The Morgan fingerprint density at radius 1 is 1.24 bits per heavy atom. The number of ether oxygens (including phenoxy) is 2. The molecule has 0 heterocycles. The molecular formula is C15H20FNO4. The van der Waals surface area contributed by atoms with Crippen molar-refractivity contribution in [3.05, 3.63) is 30.1 Å². The highest BCUT2D eigenvalue weighted by Crippen LogP contribution is 2.11. The van der Waals surface area contributed by atoms with Crippen LogP contribution in [0.3, 0.4) is 0 Å². The van der Waals surface area contributed by atoms with Gasteiger partial charge in [-0.25, -0.2) is 4.39 Å². The first-order valence-electron chi connectivity index (χ1n) is 6.83. The Bertz CT molecular complexity index is 465. The van der Waals surface area contributed by atoms with E-state index in [9.17, 15) is 14.0 Å². The van der Waals surface area contributed by atoms with Crippen molar-refractivity contribution >= 4 is 11.9 Å². The zero-order valence-electron chi connectivity index (χ0n) is 12.1. The topological polar surface area (TPSA) is 64.6 Å². The summed E-state index contributed by atoms with van der Waals surface area (Å²) < 4.78 is 22.6. The number of benzene rings is 1. The van der Waals surface area contributed by atoms with Gasteiger partial charge in [0.1, 0.15) is 11.6 Å². The Morgan fingerprint density at radius 2 is 2.05 bits per heavy atom. The van der Waals surface area contributed by atoms with E-state index in [1.165, 1.54) is 25.3 Å². The molecule has 0 unspecified atom stereocenters. The van der Waals surface area contributed by atoms with Gasteiger partial charge < -0.3 is 14.8 Å². The molecule has 1 rings (SSSR count). The van der Waals surface area contributed by atoms with Gasteiger partial charge in [-0.3, -0.25) is 9.59 Å². The molecule has 0 saturated carbocycles. The fourth-order valence-corrected chi connectivity index (χ4v) is 1.66. The van der Waals surface area contributed by atoms with Gasteiger partial charge in [0.2, 0.25) is 0 Å². The fourth-order valence-electron chi connectivity index (χ4n) is 1.66. The molecule has 6 heteroatoms. The van der Waals surface area contributed by atoms with Gasteiger partial charge in [0, 0.05) is 19.0 Å². The largest absolute Gasteiger partial charge is 0.484 e. The lowest BCUT2D eigenvalue weighted by Crippen LogP contribution is -2.29. The van der Waals surface area contributed by atoms with Crippen LogP contribution in [0, 0.1) is 5.82 Å². The normalized spacial score (nSPS) is 10.0. The standard InChI is InChI=1S/C15H20FNO4/c1-20-15(19)8-3-2-4-9-17-14(18)11-21-13-7-5-6-12(16)10-13/h5-7,10H,2-4,8-9,11H2,1H3,(H,17,18). The molecule has 0 aliphatic heterocycles. The number of amides is 1. The van der Waals surface area contributed by atoms with Crippen LogP contribution in [-0.2, 0) is 14.3 Å². The highest BCUT2D eigenvalue weighted by Gasteiger charge is 2.03. The molecule has 0 fully saturated rings. The average molecular weight is 297 g/mol. The van der Waals surface area contributed by atoms with Crippen LogP contribution < -0.4 is 10.1 Å². The van der Waals surface area contributed by atoms with Crippen molar-refractivity contribution in [2.75, 3.05) is 20.3 Å². The van der Waals surface area contributed by atoms with Gasteiger partial charge in [-0.2, -0.15) is 0 Å². The number of rotatable bonds is 9. The first-order valence-corrected chi connectivity index (χ1v) is 6.83. The summed E-state index contributed by atoms with van der Waals surface area (Å²) in [5, 5.41) is 2.70. The molecule has 0 saturated heterocycles. The molecule has 0 atom stereocenters. The maximum Gasteiger partial charge on any atom is 0.305 e. The van der Waals surface area contributed by atoms with Crippen molar-refractivity contribution < 1.29 is 23.5 Å². The van der Waals surface area contributed by atoms with Crippen molar-refractivity contribution in [1.29, 1.82) is 0 Å². The number of unbranched alkanes of at least 4 members (excludes halogenated alkanes) is 2. The Hall–Kier alpha value is -2.11. The van der Waals surface area contributed by atoms with Crippen LogP contribution in [0.5, 0.6) is 5.75 Å². The number of esters is 1. The Balaban J connectivity index is 2.05. The Morgan fingerprint density at radius 3 is 2.76 bits per heavy atom. The molecule has 116 valence electrons. The minimum atomic E-state index is -0.404. The lowest BCUT2D eigenvalue weighted by Gasteiger charge is -2.07. The van der Waals surface area contributed by atoms with Gasteiger partial charge in [-0.15, -0.1) is 0 Å². The quantitative estimate of drug-likeness (QED) is 0.560. The number of methoxy groups -OCH3 is 1. The minimum absolute atomic E-state index is 0.147. The van der Waals surface area contributed by atoms with Gasteiger partial charge in [0.25, 0.3) is 5.91 Å². The van der Waals surface area contributed by atoms with Crippen LogP contribution in [0.25, 0.3) is 0 Å². The molecule has 0 aliphatic rings. The molecule has 0 aromatic heterocycles. The van der Waals surface area contributed by atoms with Gasteiger partial charge in [-0.1, -0.05) is 12.5 Å². The molecule has 0 spiro atoms. The fraction of sp³-hybridized carbons (Fsp3) is 0.467. The summed E-state index contributed by atoms with van der Waals surface area (Å²) in [6, 6.07) is 5.63. The number of hydrogen-bond acceptors (Lipinski definition) is 4. The average Bonchev–Trinajstić information content (AvgIpc) is 2.48. The van der Waals surface area contributed by atoms with Crippen molar-refractivity contribution in [3.8, 4) is 5.75 Å². The van der Waals surface area contributed by atoms with Crippen molar-refractivity contribution in [2.45, 2.75) is 25.7 Å². The number of nitrogens with one attached hydrogen (secondary N) is 1. The van der Waals surface area contributed by atoms with Crippen molar-refractivity contribution in [2.24, 2.45) is 0 Å². The highest BCUT2D eigenvalue weighted by atomic mass is 19.1. The van der Waals surface area contributed by atoms with E-state index in [1.807, 2.05) is 0 Å². The second-order valence-electron chi connectivity index (χ2n) is 4.48. The zero-order chi connectivity index (χ0) is 15.5. The summed E-state index contributed by atoms with van der Waals surface area (Å²) in [4.78, 5) is 22.3. The lowest BCUT2D eigenvalue weighted by atomic mass is 10.2. The predicted molar refractivity (Wildman–Crippen MR) is 75.4 cm³/mol. The highest BCUT2D eigenvalue weighted by molar-refractivity contribution is 5.77. The Labute approximate surface area is 123 Å². The second-order valence-corrected chi connectivity index (χ2v) is 4.48. The van der Waals surface area contributed by atoms with Gasteiger partial charge in [0.15, 0.2) is 6.61 Å². The molecule has 0 radical (unpaired) electrons. The summed E-state index contributed by atoms with van der Waals surface area (Å²) in [5.74, 6) is -0.559. The van der Waals surface area contributed by atoms with E-state index in [4.69, 9.17) is 4.74 Å². The molecule has 1 aromatic carbocycles. The summed E-state index contributed by atoms with van der Waals surface area (Å²) in [7, 11) is 1.36. The van der Waals surface area contributed by atoms with E-state index >= 15 is 0 Å².